The Morgan fingerprint density at radius 3 is 2.36 bits per heavy atom. The van der Waals surface area contributed by atoms with E-state index in [1.165, 1.54) is 16.2 Å². The van der Waals surface area contributed by atoms with Crippen LogP contribution in [-0.2, 0) is 9.59 Å². The maximum atomic E-state index is 13.4. The Morgan fingerprint density at radius 1 is 0.949 bits per heavy atom. The van der Waals surface area contributed by atoms with Crippen molar-refractivity contribution in [2.45, 2.75) is 32.7 Å². The Hall–Kier alpha value is -4.36. The van der Waals surface area contributed by atoms with Crippen LogP contribution in [0.2, 0.25) is 0 Å². The minimum atomic E-state index is -0.766. The van der Waals surface area contributed by atoms with Crippen molar-refractivity contribution in [1.82, 2.24) is 0 Å². The highest BCUT2D eigenvalue weighted by Crippen LogP contribution is 2.44. The molecule has 4 aromatic rings. The van der Waals surface area contributed by atoms with E-state index in [2.05, 4.69) is 0 Å². The molecule has 1 N–H and O–H groups in total. The lowest BCUT2D eigenvalue weighted by atomic mass is 9.95. The van der Waals surface area contributed by atoms with Crippen molar-refractivity contribution >= 4 is 34.5 Å². The number of hydrogen-bond acceptors (Lipinski definition) is 6. The van der Waals surface area contributed by atoms with Crippen molar-refractivity contribution in [3.8, 4) is 17.2 Å². The summed E-state index contributed by atoms with van der Waals surface area (Å²) >= 11 is 1.42. The van der Waals surface area contributed by atoms with E-state index in [1.54, 1.807) is 43.5 Å². The average Bonchev–Trinajstić information content (AvgIpc) is 3.55. The van der Waals surface area contributed by atoms with E-state index in [9.17, 15) is 14.7 Å². The maximum Gasteiger partial charge on any atom is 0.300 e. The van der Waals surface area contributed by atoms with Crippen molar-refractivity contribution in [2.24, 2.45) is 0 Å². The number of hydrogen-bond donors (Lipinski definition) is 1. The summed E-state index contributed by atoms with van der Waals surface area (Å²) in [4.78, 5) is 29.1. The molecule has 0 aliphatic carbocycles. The van der Waals surface area contributed by atoms with Crippen LogP contribution in [-0.4, -0.2) is 23.9 Å². The first-order valence-corrected chi connectivity index (χ1v) is 13.5. The molecular formula is C32H29NO5S. The van der Waals surface area contributed by atoms with Crippen LogP contribution in [0.25, 0.3) is 5.76 Å². The zero-order valence-electron chi connectivity index (χ0n) is 22.2. The number of amides is 1. The third-order valence-electron chi connectivity index (χ3n) is 6.72. The third-order valence-corrected chi connectivity index (χ3v) is 7.65. The van der Waals surface area contributed by atoms with Gasteiger partial charge < -0.3 is 14.6 Å². The summed E-state index contributed by atoms with van der Waals surface area (Å²) in [6, 6.07) is 23.0. The van der Waals surface area contributed by atoms with E-state index in [1.807, 2.05) is 68.6 Å². The number of aliphatic hydroxyl groups is 1. The van der Waals surface area contributed by atoms with Gasteiger partial charge in [-0.25, -0.2) is 0 Å². The number of ether oxygens (including phenoxy) is 2. The summed E-state index contributed by atoms with van der Waals surface area (Å²) in [6.45, 7) is 6.05. The molecule has 1 aliphatic rings. The maximum absolute atomic E-state index is 13.4. The molecule has 7 heteroatoms. The van der Waals surface area contributed by atoms with Gasteiger partial charge in [0.25, 0.3) is 11.7 Å². The zero-order valence-corrected chi connectivity index (χ0v) is 23.0. The Bertz CT molecular complexity index is 1550. The van der Waals surface area contributed by atoms with Crippen molar-refractivity contribution in [3.05, 3.63) is 111 Å². The van der Waals surface area contributed by atoms with Crippen molar-refractivity contribution in [3.63, 3.8) is 0 Å². The summed E-state index contributed by atoms with van der Waals surface area (Å²) < 4.78 is 11.4. The molecule has 0 radical (unpaired) electrons. The predicted molar refractivity (Wildman–Crippen MR) is 154 cm³/mol. The van der Waals surface area contributed by atoms with Crippen LogP contribution in [0.3, 0.4) is 0 Å². The smallest absolute Gasteiger partial charge is 0.300 e. The molecular weight excluding hydrogens is 510 g/mol. The average molecular weight is 540 g/mol. The molecule has 6 nitrogen and oxygen atoms in total. The molecule has 1 aliphatic heterocycles. The van der Waals surface area contributed by atoms with Crippen molar-refractivity contribution in [1.29, 1.82) is 0 Å². The lowest BCUT2D eigenvalue weighted by Crippen LogP contribution is -2.29. The quantitative estimate of drug-likeness (QED) is 0.149. The van der Waals surface area contributed by atoms with Crippen LogP contribution in [0, 0.1) is 6.92 Å². The van der Waals surface area contributed by atoms with E-state index in [4.69, 9.17) is 9.47 Å². The van der Waals surface area contributed by atoms with Gasteiger partial charge in [-0.3, -0.25) is 14.5 Å². The predicted octanol–water partition coefficient (Wildman–Crippen LogP) is 7.61. The fourth-order valence-corrected chi connectivity index (χ4v) is 5.62. The second-order valence-corrected chi connectivity index (χ2v) is 10.7. The molecule has 0 spiro atoms. The number of anilines is 1. The third kappa shape index (κ3) is 5.05. The minimum absolute atomic E-state index is 0.0578. The van der Waals surface area contributed by atoms with Gasteiger partial charge in [-0.1, -0.05) is 32.0 Å². The Balaban J connectivity index is 1.56. The molecule has 0 saturated carbocycles. The fourth-order valence-electron chi connectivity index (χ4n) is 4.79. The van der Waals surface area contributed by atoms with E-state index >= 15 is 0 Å². The molecule has 1 amide bonds. The number of rotatable bonds is 7. The SMILES string of the molecule is COc1ccc(/C(O)=C2/C(=O)C(=O)N(c3ccc(Oc4cccc(C)c4)cc3)C2c2cccs2)cc1C(C)C. The molecule has 1 saturated heterocycles. The van der Waals surface area contributed by atoms with Gasteiger partial charge >= 0.3 is 0 Å². The van der Waals surface area contributed by atoms with Crippen LogP contribution < -0.4 is 14.4 Å². The second-order valence-electron chi connectivity index (χ2n) is 9.71. The number of nitrogens with zero attached hydrogens (tertiary/aromatic N) is 1. The van der Waals surface area contributed by atoms with Crippen LogP contribution in [0.5, 0.6) is 17.2 Å². The van der Waals surface area contributed by atoms with Gasteiger partial charge in [0.15, 0.2) is 0 Å². The Labute approximate surface area is 231 Å². The number of benzene rings is 3. The highest BCUT2D eigenvalue weighted by molar-refractivity contribution is 7.10. The van der Waals surface area contributed by atoms with Crippen molar-refractivity contribution in [2.75, 3.05) is 12.0 Å². The number of aryl methyl sites for hydroxylation is 1. The van der Waals surface area contributed by atoms with E-state index in [0.29, 0.717) is 28.5 Å². The number of thiophene rings is 1. The van der Waals surface area contributed by atoms with E-state index in [-0.39, 0.29) is 17.3 Å². The van der Waals surface area contributed by atoms with Gasteiger partial charge in [-0.2, -0.15) is 0 Å². The largest absolute Gasteiger partial charge is 0.507 e. The number of ketones is 1. The lowest BCUT2D eigenvalue weighted by Gasteiger charge is -2.24. The minimum Gasteiger partial charge on any atom is -0.507 e. The van der Waals surface area contributed by atoms with Crippen LogP contribution >= 0.6 is 11.3 Å². The first kappa shape index (κ1) is 26.3. The fraction of sp³-hybridized carbons (Fsp3) is 0.188. The van der Waals surface area contributed by atoms with Crippen LogP contribution in [0.1, 0.15) is 47.4 Å². The molecule has 5 rings (SSSR count). The van der Waals surface area contributed by atoms with Crippen LogP contribution in [0.15, 0.2) is 89.8 Å². The van der Waals surface area contributed by atoms with E-state index in [0.717, 1.165) is 16.0 Å². The second kappa shape index (κ2) is 10.8. The standard InChI is InChI=1S/C32H29NO5S/c1-19(2)25-18-21(10-15-26(25)37-4)30(34)28-29(27-9-6-16-39-27)33(32(36)31(28)35)22-11-13-23(14-12-22)38-24-8-5-7-20(3)17-24/h5-19,29,34H,1-4H3/b30-28-. The summed E-state index contributed by atoms with van der Waals surface area (Å²) in [6.07, 6.45) is 0. The molecule has 2 heterocycles. The van der Waals surface area contributed by atoms with Gasteiger partial charge in [0.1, 0.15) is 29.0 Å². The van der Waals surface area contributed by atoms with E-state index < -0.39 is 17.7 Å². The van der Waals surface area contributed by atoms with Gasteiger partial charge in [0, 0.05) is 16.1 Å². The molecule has 39 heavy (non-hydrogen) atoms. The van der Waals surface area contributed by atoms with Gasteiger partial charge in [-0.15, -0.1) is 11.3 Å². The number of Topliss-reactive ketones (excluding diaryl/α,β-unsaturated/α-hetero) is 1. The summed E-state index contributed by atoms with van der Waals surface area (Å²) in [5, 5.41) is 13.4. The lowest BCUT2D eigenvalue weighted by molar-refractivity contribution is -0.132. The highest BCUT2D eigenvalue weighted by Gasteiger charge is 2.47. The monoisotopic (exact) mass is 539 g/mol. The molecule has 3 aromatic carbocycles. The summed E-state index contributed by atoms with van der Waals surface area (Å²) in [5.74, 6) is 0.509. The first-order chi connectivity index (χ1) is 18.8. The Morgan fingerprint density at radius 2 is 1.72 bits per heavy atom. The number of carbonyl (C=O) groups is 2. The summed E-state index contributed by atoms with van der Waals surface area (Å²) in [5.41, 5.74) is 3.03. The number of aliphatic hydroxyl groups excluding tert-OH is 1. The topological polar surface area (TPSA) is 76.1 Å². The number of methoxy groups -OCH3 is 1. The van der Waals surface area contributed by atoms with Crippen LogP contribution in [0.4, 0.5) is 5.69 Å². The molecule has 1 fully saturated rings. The summed E-state index contributed by atoms with van der Waals surface area (Å²) in [7, 11) is 1.60. The van der Waals surface area contributed by atoms with Gasteiger partial charge in [0.2, 0.25) is 0 Å². The molecule has 198 valence electrons. The molecule has 1 aromatic heterocycles. The Kier molecular flexibility index (Phi) is 7.26. The zero-order chi connectivity index (χ0) is 27.7. The normalized spacial score (nSPS) is 16.6. The van der Waals surface area contributed by atoms with Gasteiger partial charge in [0.05, 0.1) is 12.7 Å². The molecule has 1 unspecified atom stereocenters. The number of carbonyl (C=O) groups excluding carboxylic acids is 2. The highest BCUT2D eigenvalue weighted by atomic mass is 32.1. The molecule has 0 bridgehead atoms. The van der Waals surface area contributed by atoms with Crippen molar-refractivity contribution < 1.29 is 24.2 Å². The first-order valence-electron chi connectivity index (χ1n) is 12.7. The molecule has 1 atom stereocenters. The van der Waals surface area contributed by atoms with Gasteiger partial charge in [-0.05, 0) is 90.0 Å².